The van der Waals surface area contributed by atoms with Crippen LogP contribution in [0.2, 0.25) is 0 Å². The van der Waals surface area contributed by atoms with Gasteiger partial charge in [-0.25, -0.2) is 13.2 Å². The smallest absolute Gasteiger partial charge is 0.366 e. The Kier molecular flexibility index (Phi) is 8.13. The first-order valence-corrected chi connectivity index (χ1v) is 11.8. The molecule has 4 rings (SSSR count). The number of alkyl halides is 3. The summed E-state index contributed by atoms with van der Waals surface area (Å²) in [6, 6.07) is 8.24. The minimum atomic E-state index is -4.85. The highest BCUT2D eigenvalue weighted by Gasteiger charge is 2.37. The zero-order valence-corrected chi connectivity index (χ0v) is 20.8. The van der Waals surface area contributed by atoms with E-state index in [-0.39, 0.29) is 23.2 Å². The number of hydrogen-bond acceptors (Lipinski definition) is 4. The third-order valence-electron chi connectivity index (χ3n) is 5.90. The van der Waals surface area contributed by atoms with E-state index in [4.69, 9.17) is 12.2 Å². The van der Waals surface area contributed by atoms with E-state index in [1.54, 1.807) is 6.07 Å². The molecule has 0 aliphatic heterocycles. The van der Waals surface area contributed by atoms with Gasteiger partial charge in [-0.15, -0.1) is 6.42 Å². The fraction of sp³-hybridized carbons (Fsp3) is 0.143. The predicted molar refractivity (Wildman–Crippen MR) is 134 cm³/mol. The fourth-order valence-corrected chi connectivity index (χ4v) is 4.21. The first kappa shape index (κ1) is 28.9. The molecule has 0 fully saturated rings. The van der Waals surface area contributed by atoms with E-state index >= 15 is 0 Å². The Bertz CT molecular complexity index is 1660. The fourth-order valence-electron chi connectivity index (χ4n) is 4.21. The summed E-state index contributed by atoms with van der Waals surface area (Å²) in [5.41, 5.74) is 3.81. The molecule has 0 aliphatic rings. The monoisotopic (exact) mass is 571 g/mol. The number of rotatable bonds is 8. The van der Waals surface area contributed by atoms with Crippen LogP contribution in [0.15, 0.2) is 60.9 Å². The molecule has 2 aromatic carbocycles. The third-order valence-corrected chi connectivity index (χ3v) is 5.90. The van der Waals surface area contributed by atoms with Crippen LogP contribution >= 0.6 is 0 Å². The van der Waals surface area contributed by atoms with Crippen LogP contribution in [0.5, 0.6) is 0 Å². The number of primary amides is 1. The molecule has 0 radical (unpaired) electrons. The van der Waals surface area contributed by atoms with Crippen molar-refractivity contribution in [2.24, 2.45) is 5.73 Å². The van der Waals surface area contributed by atoms with E-state index in [1.807, 2.05) is 5.92 Å². The van der Waals surface area contributed by atoms with Crippen molar-refractivity contribution in [1.29, 1.82) is 0 Å². The van der Waals surface area contributed by atoms with E-state index in [2.05, 4.69) is 15.4 Å². The summed E-state index contributed by atoms with van der Waals surface area (Å²) in [5.74, 6) is -2.62. The van der Waals surface area contributed by atoms with Crippen molar-refractivity contribution in [3.8, 4) is 23.5 Å². The van der Waals surface area contributed by atoms with Crippen LogP contribution in [0.1, 0.15) is 38.9 Å². The number of carbonyl (C=O) groups excluding carboxylic acids is 2. The molecule has 4 aromatic rings. The van der Waals surface area contributed by atoms with Gasteiger partial charge in [0.05, 0.1) is 22.9 Å². The summed E-state index contributed by atoms with van der Waals surface area (Å²) in [6.45, 7) is -0.691. The molecule has 0 saturated heterocycles. The molecule has 7 nitrogen and oxygen atoms in total. The molecule has 0 spiro atoms. The minimum Gasteiger partial charge on any atom is -0.366 e. The van der Waals surface area contributed by atoms with Gasteiger partial charge in [0, 0.05) is 24.0 Å². The summed E-state index contributed by atoms with van der Waals surface area (Å²) < 4.78 is 82.5. The van der Waals surface area contributed by atoms with Gasteiger partial charge in [-0.1, -0.05) is 18.1 Å². The van der Waals surface area contributed by atoms with Crippen molar-refractivity contribution < 1.29 is 35.9 Å². The molecular weight excluding hydrogens is 552 g/mol. The summed E-state index contributed by atoms with van der Waals surface area (Å²) in [6.07, 6.45) is 2.33. The maximum Gasteiger partial charge on any atom is 0.436 e. The number of hydrogen-bond donors (Lipinski definition) is 2. The minimum absolute atomic E-state index is 0.120. The summed E-state index contributed by atoms with van der Waals surface area (Å²) in [5, 5.41) is 5.98. The van der Waals surface area contributed by atoms with E-state index < -0.39 is 64.8 Å². The van der Waals surface area contributed by atoms with Gasteiger partial charge >= 0.3 is 6.18 Å². The highest BCUT2D eigenvalue weighted by molar-refractivity contribution is 5.94. The van der Waals surface area contributed by atoms with Crippen LogP contribution < -0.4 is 11.1 Å². The Morgan fingerprint density at radius 2 is 1.78 bits per heavy atom. The number of aromatic nitrogens is 3. The van der Waals surface area contributed by atoms with Gasteiger partial charge in [0.1, 0.15) is 24.0 Å². The number of benzene rings is 2. The summed E-state index contributed by atoms with van der Waals surface area (Å²) >= 11 is 0. The van der Waals surface area contributed by atoms with Gasteiger partial charge in [-0.3, -0.25) is 19.3 Å². The van der Waals surface area contributed by atoms with Crippen molar-refractivity contribution in [3.05, 3.63) is 106 Å². The molecule has 0 bridgehead atoms. The van der Waals surface area contributed by atoms with Crippen molar-refractivity contribution in [2.75, 3.05) is 0 Å². The van der Waals surface area contributed by atoms with E-state index in [0.717, 1.165) is 24.4 Å². The average Bonchev–Trinajstić information content (AvgIpc) is 3.31. The number of pyridine rings is 1. The van der Waals surface area contributed by atoms with Crippen LogP contribution in [0, 0.1) is 29.8 Å². The summed E-state index contributed by atoms with van der Waals surface area (Å²) in [4.78, 5) is 29.0. The maximum atomic E-state index is 14.1. The van der Waals surface area contributed by atoms with Crippen molar-refractivity contribution in [1.82, 2.24) is 20.1 Å². The van der Waals surface area contributed by atoms with Crippen molar-refractivity contribution in [3.63, 3.8) is 0 Å². The van der Waals surface area contributed by atoms with Crippen LogP contribution in [0.4, 0.5) is 26.3 Å². The lowest BCUT2D eigenvalue weighted by molar-refractivity contribution is -0.142. The first-order chi connectivity index (χ1) is 19.3. The average molecular weight is 571 g/mol. The van der Waals surface area contributed by atoms with Crippen LogP contribution in [0.3, 0.4) is 0 Å². The Balaban J connectivity index is 1.73. The highest BCUT2D eigenvalue weighted by Crippen LogP contribution is 2.32. The van der Waals surface area contributed by atoms with Gasteiger partial charge in [-0.05, 0) is 47.9 Å². The summed E-state index contributed by atoms with van der Waals surface area (Å²) in [7, 11) is 0. The molecule has 210 valence electrons. The zero-order chi connectivity index (χ0) is 29.9. The van der Waals surface area contributed by atoms with Gasteiger partial charge in [0.2, 0.25) is 5.91 Å². The number of nitrogens with one attached hydrogen (secondary N) is 1. The lowest BCUT2D eigenvalue weighted by Gasteiger charge is -2.22. The Labute approximate surface area is 229 Å². The van der Waals surface area contributed by atoms with Gasteiger partial charge in [0.15, 0.2) is 5.69 Å². The van der Waals surface area contributed by atoms with Gasteiger partial charge in [-0.2, -0.15) is 18.3 Å². The molecule has 1 atom stereocenters. The third kappa shape index (κ3) is 6.73. The Morgan fingerprint density at radius 3 is 2.39 bits per heavy atom. The molecule has 0 unspecified atom stereocenters. The molecule has 2 aromatic heterocycles. The second-order valence-corrected chi connectivity index (χ2v) is 8.83. The van der Waals surface area contributed by atoms with Crippen molar-refractivity contribution in [2.45, 2.75) is 25.2 Å². The second-order valence-electron chi connectivity index (χ2n) is 8.83. The normalized spacial score (nSPS) is 12.0. The molecule has 3 N–H and O–H groups in total. The molecule has 41 heavy (non-hydrogen) atoms. The molecule has 13 heteroatoms. The quantitative estimate of drug-likeness (QED) is 0.239. The lowest BCUT2D eigenvalue weighted by Crippen LogP contribution is -2.34. The first-order valence-electron chi connectivity index (χ1n) is 11.8. The van der Waals surface area contributed by atoms with Crippen LogP contribution in [0.25, 0.3) is 11.1 Å². The van der Waals surface area contributed by atoms with E-state index in [9.17, 15) is 35.9 Å². The molecule has 0 saturated carbocycles. The van der Waals surface area contributed by atoms with Crippen molar-refractivity contribution >= 4 is 11.8 Å². The topological polar surface area (TPSA) is 103 Å². The number of terminal acetylenes is 1. The number of nitrogens with two attached hydrogens (primary N) is 1. The number of amides is 2. The predicted octanol–water partition coefficient (Wildman–Crippen LogP) is 4.56. The largest absolute Gasteiger partial charge is 0.436 e. The van der Waals surface area contributed by atoms with Gasteiger partial charge < -0.3 is 11.1 Å². The van der Waals surface area contributed by atoms with Crippen LogP contribution in [-0.2, 0) is 23.9 Å². The molecule has 0 aliphatic carbocycles. The number of halogens is 6. The SMILES string of the molecule is C#Cc1cn(CC(=O)N[C@@H](Cc2cc(F)cc(F)c2)c2ncccc2-c2ccc(F)c(C(N)=O)c2)nc1C(F)(F)F. The van der Waals surface area contributed by atoms with Crippen LogP contribution in [-0.4, -0.2) is 26.6 Å². The molecular formula is C28H19F6N5O2. The number of carbonyl (C=O) groups is 2. The standard InChI is InChI=1S/C28H19F6N5O2/c1-2-16-13-39(38-26(16)28(32,33)34)14-24(40)37-23(10-15-8-18(29)12-19(30)9-15)25-20(4-3-7-36-25)17-5-6-22(31)21(11-17)27(35)41/h1,3-9,11-13,23H,10,14H2,(H2,35,41)(H,37,40)/t23-/m0/s1. The number of nitrogens with zero attached hydrogens (tertiary/aromatic N) is 3. The molecule has 2 amide bonds. The zero-order valence-electron chi connectivity index (χ0n) is 20.8. The van der Waals surface area contributed by atoms with E-state index in [1.165, 1.54) is 24.4 Å². The Morgan fingerprint density at radius 1 is 1.07 bits per heavy atom. The second kappa shape index (κ2) is 11.5. The highest BCUT2D eigenvalue weighted by atomic mass is 19.4. The lowest BCUT2D eigenvalue weighted by atomic mass is 9.94. The molecule has 2 heterocycles. The Hall–Kier alpha value is -5.12. The van der Waals surface area contributed by atoms with E-state index in [0.29, 0.717) is 16.3 Å². The maximum absolute atomic E-state index is 14.1. The van der Waals surface area contributed by atoms with Gasteiger partial charge in [0.25, 0.3) is 5.91 Å².